The second-order valence-electron chi connectivity index (χ2n) is 7.33. The largest absolute Gasteiger partial charge is 0.550 e. The van der Waals surface area contributed by atoms with Gasteiger partial charge in [-0.2, -0.15) is 5.26 Å². The normalized spacial score (nSPS) is 12.9. The van der Waals surface area contributed by atoms with Crippen LogP contribution in [0.2, 0.25) is 0 Å². The number of amides is 1. The third-order valence-electron chi connectivity index (χ3n) is 5.45. The number of hydrogen-bond donors (Lipinski definition) is 1. The summed E-state index contributed by atoms with van der Waals surface area (Å²) in [5.74, 6) is -1.39. The van der Waals surface area contributed by atoms with Crippen LogP contribution in [0.4, 0.5) is 4.79 Å². The minimum Gasteiger partial charge on any atom is -0.550 e. The number of aliphatic carboxylic acids is 1. The van der Waals surface area contributed by atoms with E-state index >= 15 is 0 Å². The van der Waals surface area contributed by atoms with Gasteiger partial charge in [-0.25, -0.2) is 4.79 Å². The number of nitriles is 1. The van der Waals surface area contributed by atoms with Crippen LogP contribution >= 0.6 is 0 Å². The molecule has 0 heterocycles. The van der Waals surface area contributed by atoms with Crippen molar-refractivity contribution in [1.29, 1.82) is 5.26 Å². The maximum atomic E-state index is 12.5. The van der Waals surface area contributed by atoms with Crippen molar-refractivity contribution in [2.45, 2.75) is 18.4 Å². The fourth-order valence-electron chi connectivity index (χ4n) is 3.99. The highest BCUT2D eigenvalue weighted by molar-refractivity contribution is 5.79. The Balaban J connectivity index is 1.47. The molecule has 1 atom stereocenters. The minimum atomic E-state index is -1.30. The average molecular weight is 411 g/mol. The standard InChI is InChI=1S/C25H20N2O4/c26-14-16-9-11-17(12-10-16)23(13-24(28)29)27-25(30)31-15-22-20-7-3-1-5-18(20)19-6-2-4-8-21(19)22/h1-12,22-23H,13,15H2,(H,27,30)(H,28,29)/p-1/t23-/m0/s1. The molecular formula is C25H19N2O4-. The van der Waals surface area contributed by atoms with Crippen molar-refractivity contribution >= 4 is 12.1 Å². The third-order valence-corrected chi connectivity index (χ3v) is 5.45. The molecule has 3 aromatic carbocycles. The molecule has 0 unspecified atom stereocenters. The first-order valence-corrected chi connectivity index (χ1v) is 9.88. The Kier molecular flexibility index (Phi) is 5.67. The number of carboxylic acid groups (broad SMARTS) is 1. The molecule has 1 aliphatic carbocycles. The van der Waals surface area contributed by atoms with Crippen molar-refractivity contribution in [2.24, 2.45) is 0 Å². The summed E-state index contributed by atoms with van der Waals surface area (Å²) in [6, 6.07) is 23.5. The summed E-state index contributed by atoms with van der Waals surface area (Å²) >= 11 is 0. The molecule has 0 aromatic heterocycles. The first-order valence-electron chi connectivity index (χ1n) is 9.88. The number of rotatable bonds is 6. The van der Waals surface area contributed by atoms with Crippen LogP contribution < -0.4 is 10.4 Å². The molecule has 0 spiro atoms. The highest BCUT2D eigenvalue weighted by atomic mass is 16.5. The van der Waals surface area contributed by atoms with Gasteiger partial charge in [-0.05, 0) is 39.9 Å². The number of alkyl carbamates (subject to hydrolysis) is 1. The van der Waals surface area contributed by atoms with E-state index in [4.69, 9.17) is 10.00 Å². The molecule has 0 saturated heterocycles. The Morgan fingerprint density at radius 3 is 2.10 bits per heavy atom. The molecule has 3 aromatic rings. The van der Waals surface area contributed by atoms with E-state index in [1.54, 1.807) is 24.3 Å². The van der Waals surface area contributed by atoms with Gasteiger partial charge in [0.05, 0.1) is 17.7 Å². The van der Waals surface area contributed by atoms with Crippen molar-refractivity contribution in [2.75, 3.05) is 6.61 Å². The fraction of sp³-hybridized carbons (Fsp3) is 0.160. The predicted octanol–water partition coefficient (Wildman–Crippen LogP) is 3.28. The average Bonchev–Trinajstić information content (AvgIpc) is 3.11. The lowest BCUT2D eigenvalue weighted by molar-refractivity contribution is -0.306. The lowest BCUT2D eigenvalue weighted by atomic mass is 9.98. The quantitative estimate of drug-likeness (QED) is 0.671. The molecule has 0 fully saturated rings. The third kappa shape index (κ3) is 4.26. The molecule has 154 valence electrons. The second-order valence-corrected chi connectivity index (χ2v) is 7.33. The monoisotopic (exact) mass is 411 g/mol. The molecule has 0 radical (unpaired) electrons. The van der Waals surface area contributed by atoms with Crippen LogP contribution in [0.25, 0.3) is 11.1 Å². The van der Waals surface area contributed by atoms with Crippen molar-refractivity contribution in [1.82, 2.24) is 5.32 Å². The number of carboxylic acids is 1. The summed E-state index contributed by atoms with van der Waals surface area (Å²) < 4.78 is 5.50. The van der Waals surface area contributed by atoms with Crippen LogP contribution in [0.5, 0.6) is 0 Å². The highest BCUT2D eigenvalue weighted by Gasteiger charge is 2.29. The van der Waals surface area contributed by atoms with Gasteiger partial charge in [0.15, 0.2) is 0 Å². The lowest BCUT2D eigenvalue weighted by Gasteiger charge is -2.21. The molecule has 31 heavy (non-hydrogen) atoms. The molecule has 1 aliphatic rings. The molecular weight excluding hydrogens is 392 g/mol. The molecule has 0 bridgehead atoms. The van der Waals surface area contributed by atoms with Crippen LogP contribution in [-0.2, 0) is 9.53 Å². The molecule has 0 aliphatic heterocycles. The van der Waals surface area contributed by atoms with Gasteiger partial charge in [-0.15, -0.1) is 0 Å². The highest BCUT2D eigenvalue weighted by Crippen LogP contribution is 2.44. The molecule has 1 N–H and O–H groups in total. The Morgan fingerprint density at radius 2 is 1.55 bits per heavy atom. The number of nitrogens with one attached hydrogen (secondary N) is 1. The van der Waals surface area contributed by atoms with Crippen LogP contribution in [0.3, 0.4) is 0 Å². The number of hydrogen-bond acceptors (Lipinski definition) is 5. The summed E-state index contributed by atoms with van der Waals surface area (Å²) in [6.07, 6.45) is -1.12. The van der Waals surface area contributed by atoms with Gasteiger partial charge in [0.2, 0.25) is 0 Å². The number of carbonyl (C=O) groups is 2. The van der Waals surface area contributed by atoms with Gasteiger partial charge in [0, 0.05) is 18.3 Å². The number of fused-ring (bicyclic) bond motifs is 3. The van der Waals surface area contributed by atoms with Crippen molar-refractivity contribution in [3.8, 4) is 17.2 Å². The van der Waals surface area contributed by atoms with Gasteiger partial charge in [0.1, 0.15) is 6.61 Å². The zero-order chi connectivity index (χ0) is 21.8. The Hall–Kier alpha value is -4.11. The summed E-state index contributed by atoms with van der Waals surface area (Å²) in [5, 5.41) is 22.7. The SMILES string of the molecule is N#Cc1ccc([C@H](CC(=O)[O-])NC(=O)OCC2c3ccccc3-c3ccccc32)cc1. The van der Waals surface area contributed by atoms with Gasteiger partial charge < -0.3 is 20.0 Å². The molecule has 0 saturated carbocycles. The molecule has 1 amide bonds. The lowest BCUT2D eigenvalue weighted by Crippen LogP contribution is -2.35. The number of benzene rings is 3. The summed E-state index contributed by atoms with van der Waals surface area (Å²) in [5.41, 5.74) is 5.43. The zero-order valence-corrected chi connectivity index (χ0v) is 16.6. The Morgan fingerprint density at radius 1 is 0.968 bits per heavy atom. The second kappa shape index (κ2) is 8.72. The maximum Gasteiger partial charge on any atom is 0.407 e. The van der Waals surface area contributed by atoms with E-state index in [-0.39, 0.29) is 12.5 Å². The van der Waals surface area contributed by atoms with E-state index in [9.17, 15) is 14.7 Å². The Labute approximate surface area is 179 Å². The van der Waals surface area contributed by atoms with E-state index in [1.165, 1.54) is 0 Å². The smallest absolute Gasteiger partial charge is 0.407 e. The van der Waals surface area contributed by atoms with E-state index in [1.807, 2.05) is 42.5 Å². The van der Waals surface area contributed by atoms with Crippen LogP contribution in [0.1, 0.15) is 40.6 Å². The van der Waals surface area contributed by atoms with Crippen LogP contribution in [0.15, 0.2) is 72.8 Å². The topological polar surface area (TPSA) is 102 Å². The van der Waals surface area contributed by atoms with E-state index < -0.39 is 24.5 Å². The summed E-state index contributed by atoms with van der Waals surface area (Å²) in [6.45, 7) is 0.130. The van der Waals surface area contributed by atoms with E-state index in [2.05, 4.69) is 17.4 Å². The first-order chi connectivity index (χ1) is 15.1. The van der Waals surface area contributed by atoms with Crippen molar-refractivity contribution in [3.63, 3.8) is 0 Å². The zero-order valence-electron chi connectivity index (χ0n) is 16.6. The van der Waals surface area contributed by atoms with Crippen molar-refractivity contribution in [3.05, 3.63) is 95.1 Å². The number of ether oxygens (including phenoxy) is 1. The van der Waals surface area contributed by atoms with Crippen molar-refractivity contribution < 1.29 is 19.4 Å². The first kappa shape index (κ1) is 20.2. The summed E-state index contributed by atoms with van der Waals surface area (Å²) in [7, 11) is 0. The minimum absolute atomic E-state index is 0.0901. The van der Waals surface area contributed by atoms with E-state index in [0.29, 0.717) is 11.1 Å². The van der Waals surface area contributed by atoms with E-state index in [0.717, 1.165) is 22.3 Å². The van der Waals surface area contributed by atoms with Gasteiger partial charge >= 0.3 is 6.09 Å². The predicted molar refractivity (Wildman–Crippen MR) is 112 cm³/mol. The molecule has 6 heteroatoms. The fourth-order valence-corrected chi connectivity index (χ4v) is 3.99. The Bertz CT molecular complexity index is 1120. The van der Waals surface area contributed by atoms with Gasteiger partial charge in [-0.3, -0.25) is 0 Å². The number of nitrogens with zero attached hydrogens (tertiary/aromatic N) is 1. The van der Waals surface area contributed by atoms with Gasteiger partial charge in [-0.1, -0.05) is 60.7 Å². The number of carbonyl (C=O) groups excluding carboxylic acids is 2. The molecule has 4 rings (SSSR count). The van der Waals surface area contributed by atoms with Gasteiger partial charge in [0.25, 0.3) is 0 Å². The van der Waals surface area contributed by atoms with Crippen LogP contribution in [0, 0.1) is 11.3 Å². The summed E-state index contributed by atoms with van der Waals surface area (Å²) in [4.78, 5) is 23.7. The molecule has 6 nitrogen and oxygen atoms in total. The van der Waals surface area contributed by atoms with Crippen LogP contribution in [-0.4, -0.2) is 18.7 Å². The maximum absolute atomic E-state index is 12.5.